The van der Waals surface area contributed by atoms with E-state index in [-0.39, 0.29) is 18.1 Å². The molecule has 0 aliphatic heterocycles. The molecule has 1 aliphatic carbocycles. The second-order valence-electron chi connectivity index (χ2n) is 7.06. The Hall–Kier alpha value is -0.570. The normalized spacial score (nSPS) is 25.8. The van der Waals surface area contributed by atoms with E-state index >= 15 is 0 Å². The summed E-state index contributed by atoms with van der Waals surface area (Å²) >= 11 is 0. The first-order valence-corrected chi connectivity index (χ1v) is 9.04. The van der Waals surface area contributed by atoms with Crippen LogP contribution in [0, 0.1) is 5.92 Å². The Morgan fingerprint density at radius 3 is 2.48 bits per heavy atom. The van der Waals surface area contributed by atoms with E-state index in [0.29, 0.717) is 12.3 Å². The molecular weight excluding hydrogens is 262 g/mol. The number of unbranched alkanes of at least 4 members (excludes halogenated alkanes) is 6. The zero-order valence-electron chi connectivity index (χ0n) is 14.1. The van der Waals surface area contributed by atoms with Crippen molar-refractivity contribution in [2.45, 2.75) is 96.4 Å². The van der Waals surface area contributed by atoms with Crippen LogP contribution >= 0.6 is 0 Å². The number of rotatable bonds is 10. The number of carbonyl (C=O) groups is 1. The van der Waals surface area contributed by atoms with Gasteiger partial charge < -0.3 is 10.4 Å². The molecule has 2 N–H and O–H groups in total. The van der Waals surface area contributed by atoms with E-state index in [0.717, 1.165) is 32.1 Å². The molecule has 124 valence electrons. The van der Waals surface area contributed by atoms with Gasteiger partial charge >= 0.3 is 0 Å². The average Bonchev–Trinajstić information content (AvgIpc) is 2.46. The third-order valence-electron chi connectivity index (χ3n) is 4.81. The molecular formula is C18H35NO2. The van der Waals surface area contributed by atoms with Crippen LogP contribution in [0.25, 0.3) is 0 Å². The molecule has 1 saturated carbocycles. The SMILES string of the molecule is CCCCCCCCCC(=O)NC1(CO)CCCC(C)C1. The van der Waals surface area contributed by atoms with Crippen molar-refractivity contribution in [2.75, 3.05) is 6.61 Å². The maximum absolute atomic E-state index is 12.1. The molecule has 1 amide bonds. The molecule has 0 aromatic carbocycles. The molecule has 0 saturated heterocycles. The average molecular weight is 297 g/mol. The fourth-order valence-corrected chi connectivity index (χ4v) is 3.56. The van der Waals surface area contributed by atoms with Crippen LogP contribution in [0.5, 0.6) is 0 Å². The first kappa shape index (κ1) is 18.5. The first-order chi connectivity index (χ1) is 10.1. The Labute approximate surface area is 130 Å². The van der Waals surface area contributed by atoms with E-state index in [2.05, 4.69) is 19.2 Å². The quantitative estimate of drug-likeness (QED) is 0.594. The number of aliphatic hydroxyl groups is 1. The summed E-state index contributed by atoms with van der Waals surface area (Å²) < 4.78 is 0. The summed E-state index contributed by atoms with van der Waals surface area (Å²) in [6.07, 6.45) is 13.4. The number of hydrogen-bond donors (Lipinski definition) is 2. The van der Waals surface area contributed by atoms with Gasteiger partial charge in [-0.3, -0.25) is 4.79 Å². The molecule has 1 aliphatic rings. The van der Waals surface area contributed by atoms with Crippen LogP contribution < -0.4 is 5.32 Å². The Kier molecular flexibility index (Phi) is 8.98. The van der Waals surface area contributed by atoms with Crippen molar-refractivity contribution in [3.63, 3.8) is 0 Å². The third kappa shape index (κ3) is 7.30. The summed E-state index contributed by atoms with van der Waals surface area (Å²) in [5, 5.41) is 12.8. The Bertz CT molecular complexity index is 293. The number of amides is 1. The van der Waals surface area contributed by atoms with E-state index in [1.807, 2.05) is 0 Å². The zero-order valence-corrected chi connectivity index (χ0v) is 14.1. The van der Waals surface area contributed by atoms with Crippen molar-refractivity contribution < 1.29 is 9.90 Å². The van der Waals surface area contributed by atoms with E-state index in [1.165, 1.54) is 38.5 Å². The predicted octanol–water partition coefficient (Wildman–Crippen LogP) is 4.18. The highest BCUT2D eigenvalue weighted by atomic mass is 16.3. The highest BCUT2D eigenvalue weighted by Crippen LogP contribution is 2.32. The van der Waals surface area contributed by atoms with Gasteiger partial charge in [-0.2, -0.15) is 0 Å². The summed E-state index contributed by atoms with van der Waals surface area (Å²) in [4.78, 5) is 12.1. The fourth-order valence-electron chi connectivity index (χ4n) is 3.56. The molecule has 3 heteroatoms. The molecule has 2 unspecified atom stereocenters. The molecule has 3 nitrogen and oxygen atoms in total. The first-order valence-electron chi connectivity index (χ1n) is 9.04. The molecule has 0 heterocycles. The Balaban J connectivity index is 2.17. The molecule has 0 aromatic rings. The van der Waals surface area contributed by atoms with Crippen molar-refractivity contribution in [3.8, 4) is 0 Å². The molecule has 0 aromatic heterocycles. The minimum atomic E-state index is -0.337. The highest BCUT2D eigenvalue weighted by Gasteiger charge is 2.35. The molecule has 21 heavy (non-hydrogen) atoms. The number of hydrogen-bond acceptors (Lipinski definition) is 2. The fraction of sp³-hybridized carbons (Fsp3) is 0.944. The lowest BCUT2D eigenvalue weighted by Gasteiger charge is -2.39. The van der Waals surface area contributed by atoms with Gasteiger partial charge in [0.05, 0.1) is 12.1 Å². The van der Waals surface area contributed by atoms with Crippen LogP contribution in [0.15, 0.2) is 0 Å². The van der Waals surface area contributed by atoms with E-state index in [4.69, 9.17) is 0 Å². The maximum atomic E-state index is 12.1. The van der Waals surface area contributed by atoms with Crippen LogP contribution in [0.3, 0.4) is 0 Å². The van der Waals surface area contributed by atoms with E-state index in [9.17, 15) is 9.90 Å². The van der Waals surface area contributed by atoms with Gasteiger partial charge in [0, 0.05) is 6.42 Å². The molecule has 0 spiro atoms. The summed E-state index contributed by atoms with van der Waals surface area (Å²) in [7, 11) is 0. The zero-order chi connectivity index (χ0) is 15.6. The molecule has 2 atom stereocenters. The largest absolute Gasteiger partial charge is 0.394 e. The van der Waals surface area contributed by atoms with Crippen LogP contribution in [0.4, 0.5) is 0 Å². The van der Waals surface area contributed by atoms with Crippen molar-refractivity contribution in [1.29, 1.82) is 0 Å². The van der Waals surface area contributed by atoms with Crippen LogP contribution in [-0.2, 0) is 4.79 Å². The van der Waals surface area contributed by atoms with Gasteiger partial charge in [0.15, 0.2) is 0 Å². The van der Waals surface area contributed by atoms with Crippen molar-refractivity contribution >= 4 is 5.91 Å². The summed E-state index contributed by atoms with van der Waals surface area (Å²) in [6, 6.07) is 0. The predicted molar refractivity (Wildman–Crippen MR) is 88.2 cm³/mol. The highest BCUT2D eigenvalue weighted by molar-refractivity contribution is 5.76. The number of carbonyl (C=O) groups excluding carboxylic acids is 1. The smallest absolute Gasteiger partial charge is 0.220 e. The lowest BCUT2D eigenvalue weighted by Crippen LogP contribution is -2.53. The van der Waals surface area contributed by atoms with Crippen molar-refractivity contribution in [1.82, 2.24) is 5.32 Å². The van der Waals surface area contributed by atoms with Gasteiger partial charge in [-0.15, -0.1) is 0 Å². The topological polar surface area (TPSA) is 49.3 Å². The summed E-state index contributed by atoms with van der Waals surface area (Å²) in [5.41, 5.74) is -0.337. The van der Waals surface area contributed by atoms with Crippen molar-refractivity contribution in [3.05, 3.63) is 0 Å². The lowest BCUT2D eigenvalue weighted by molar-refractivity contribution is -0.124. The van der Waals surface area contributed by atoms with Crippen LogP contribution in [-0.4, -0.2) is 23.2 Å². The molecule has 1 rings (SSSR count). The second-order valence-corrected chi connectivity index (χ2v) is 7.06. The van der Waals surface area contributed by atoms with Gasteiger partial charge in [0.2, 0.25) is 5.91 Å². The molecule has 1 fully saturated rings. The van der Waals surface area contributed by atoms with E-state index in [1.54, 1.807) is 0 Å². The standard InChI is InChI=1S/C18H35NO2/c1-3-4-5-6-7-8-9-12-17(21)19-18(15-20)13-10-11-16(2)14-18/h16,20H,3-15H2,1-2H3,(H,19,21). The number of nitrogens with one attached hydrogen (secondary N) is 1. The summed E-state index contributed by atoms with van der Waals surface area (Å²) in [5.74, 6) is 0.733. The van der Waals surface area contributed by atoms with Gasteiger partial charge in [-0.1, -0.05) is 65.2 Å². The molecule has 0 radical (unpaired) electrons. The lowest BCUT2D eigenvalue weighted by atomic mass is 9.76. The number of aliphatic hydroxyl groups excluding tert-OH is 1. The monoisotopic (exact) mass is 297 g/mol. The van der Waals surface area contributed by atoms with Crippen molar-refractivity contribution in [2.24, 2.45) is 5.92 Å². The molecule has 0 bridgehead atoms. The van der Waals surface area contributed by atoms with Gasteiger partial charge in [0.1, 0.15) is 0 Å². The van der Waals surface area contributed by atoms with Gasteiger partial charge in [0.25, 0.3) is 0 Å². The second kappa shape index (κ2) is 10.2. The maximum Gasteiger partial charge on any atom is 0.220 e. The Morgan fingerprint density at radius 2 is 1.86 bits per heavy atom. The van der Waals surface area contributed by atoms with Gasteiger partial charge in [-0.05, 0) is 25.2 Å². The van der Waals surface area contributed by atoms with Gasteiger partial charge in [-0.25, -0.2) is 0 Å². The minimum Gasteiger partial charge on any atom is -0.394 e. The van der Waals surface area contributed by atoms with E-state index < -0.39 is 0 Å². The minimum absolute atomic E-state index is 0.0834. The van der Waals surface area contributed by atoms with Crippen LogP contribution in [0.1, 0.15) is 90.9 Å². The van der Waals surface area contributed by atoms with Crippen LogP contribution in [0.2, 0.25) is 0 Å². The Morgan fingerprint density at radius 1 is 1.19 bits per heavy atom. The summed E-state index contributed by atoms with van der Waals surface area (Å²) in [6.45, 7) is 4.53. The third-order valence-corrected chi connectivity index (χ3v) is 4.81.